The third kappa shape index (κ3) is 3.70. The Morgan fingerprint density at radius 1 is 1.11 bits per heavy atom. The molecule has 0 saturated heterocycles. The molecule has 140 valence electrons. The van der Waals surface area contributed by atoms with Gasteiger partial charge in [-0.25, -0.2) is 9.83 Å². The molecule has 3 aromatic rings. The van der Waals surface area contributed by atoms with Crippen LogP contribution in [0.3, 0.4) is 0 Å². The summed E-state index contributed by atoms with van der Waals surface area (Å²) in [6.07, 6.45) is 0. The van der Waals surface area contributed by atoms with E-state index in [1.54, 1.807) is 10.6 Å². The fourth-order valence-electron chi connectivity index (χ4n) is 3.59. The summed E-state index contributed by atoms with van der Waals surface area (Å²) in [5.41, 5.74) is 4.36. The predicted octanol–water partition coefficient (Wildman–Crippen LogP) is 4.32. The van der Waals surface area contributed by atoms with Gasteiger partial charge in [0.2, 0.25) is 0 Å². The van der Waals surface area contributed by atoms with Crippen molar-refractivity contribution in [3.8, 4) is 0 Å². The summed E-state index contributed by atoms with van der Waals surface area (Å²) in [5.74, 6) is 0.718. The van der Waals surface area contributed by atoms with Crippen molar-refractivity contribution in [2.75, 3.05) is 0 Å². The molecule has 0 fully saturated rings. The van der Waals surface area contributed by atoms with Gasteiger partial charge < -0.3 is 0 Å². The van der Waals surface area contributed by atoms with E-state index in [9.17, 15) is 4.79 Å². The van der Waals surface area contributed by atoms with Crippen molar-refractivity contribution in [3.63, 3.8) is 0 Å². The van der Waals surface area contributed by atoms with Crippen LogP contribution in [0.4, 0.5) is 5.69 Å². The summed E-state index contributed by atoms with van der Waals surface area (Å²) in [5, 5.41) is 0.679. The number of rotatable bonds is 4. The van der Waals surface area contributed by atoms with E-state index in [1.165, 1.54) is 0 Å². The largest absolute Gasteiger partial charge is 0.292 e. The van der Waals surface area contributed by atoms with Gasteiger partial charge in [0.05, 0.1) is 24.4 Å². The molecule has 1 aliphatic rings. The molecule has 0 atom stereocenters. The van der Waals surface area contributed by atoms with Crippen LogP contribution in [0.1, 0.15) is 28.2 Å². The first-order valence-electron chi connectivity index (χ1n) is 9.06. The maximum atomic E-state index is 13.1. The van der Waals surface area contributed by atoms with E-state index in [0.29, 0.717) is 36.9 Å². The Balaban J connectivity index is 1.57. The van der Waals surface area contributed by atoms with Gasteiger partial charge in [-0.1, -0.05) is 48.0 Å². The average Bonchev–Trinajstić information content (AvgIpc) is 3.09. The number of halogens is 1. The van der Waals surface area contributed by atoms with Gasteiger partial charge in [-0.05, 0) is 30.2 Å². The summed E-state index contributed by atoms with van der Waals surface area (Å²) in [7, 11) is 0. The normalized spacial score (nSPS) is 13.3. The number of hydrogen-bond acceptors (Lipinski definition) is 3. The van der Waals surface area contributed by atoms with Crippen LogP contribution < -0.4 is 5.56 Å². The van der Waals surface area contributed by atoms with Crippen LogP contribution >= 0.6 is 11.6 Å². The Bertz CT molecular complexity index is 1130. The summed E-state index contributed by atoms with van der Waals surface area (Å²) in [6.45, 7) is 11.4. The van der Waals surface area contributed by atoms with Crippen molar-refractivity contribution in [2.45, 2.75) is 33.1 Å². The zero-order valence-electron chi connectivity index (χ0n) is 15.5. The highest BCUT2D eigenvalue weighted by atomic mass is 35.5. The topological polar surface area (TPSA) is 42.5 Å². The molecular weight excluding hydrogens is 372 g/mol. The molecule has 28 heavy (non-hydrogen) atoms. The van der Waals surface area contributed by atoms with E-state index >= 15 is 0 Å². The third-order valence-corrected chi connectivity index (χ3v) is 5.25. The van der Waals surface area contributed by atoms with Crippen LogP contribution in [0, 0.1) is 13.5 Å². The summed E-state index contributed by atoms with van der Waals surface area (Å²) in [6, 6.07) is 15.1. The average molecular weight is 391 g/mol. The minimum absolute atomic E-state index is 0.0230. The standard InChI is InChI=1S/C22H19ClN4O/c1-15-25-21-14-26(11-17-4-3-5-19(10-17)24-2)13-20(21)22(28)27(15)12-16-6-8-18(23)9-7-16/h3-10H,11-14H2,1H3. The molecule has 0 amide bonds. The molecule has 0 N–H and O–H groups in total. The first kappa shape index (κ1) is 18.4. The smallest absolute Gasteiger partial charge is 0.258 e. The van der Waals surface area contributed by atoms with Gasteiger partial charge in [0, 0.05) is 24.7 Å². The van der Waals surface area contributed by atoms with Crippen molar-refractivity contribution in [1.82, 2.24) is 14.5 Å². The quantitative estimate of drug-likeness (QED) is 0.623. The molecule has 2 aromatic carbocycles. The molecule has 0 bridgehead atoms. The molecule has 0 spiro atoms. The van der Waals surface area contributed by atoms with Gasteiger partial charge in [-0.3, -0.25) is 14.3 Å². The number of aromatic nitrogens is 2. The Hall–Kier alpha value is -2.94. The van der Waals surface area contributed by atoms with E-state index in [4.69, 9.17) is 23.2 Å². The van der Waals surface area contributed by atoms with Gasteiger partial charge in [0.15, 0.2) is 5.69 Å². The number of nitrogens with zero attached hydrogens (tertiary/aromatic N) is 4. The minimum atomic E-state index is 0.0230. The van der Waals surface area contributed by atoms with E-state index < -0.39 is 0 Å². The monoisotopic (exact) mass is 390 g/mol. The number of benzene rings is 2. The van der Waals surface area contributed by atoms with Crippen LogP contribution in [0.25, 0.3) is 4.85 Å². The highest BCUT2D eigenvalue weighted by Gasteiger charge is 2.25. The highest BCUT2D eigenvalue weighted by molar-refractivity contribution is 6.30. The van der Waals surface area contributed by atoms with E-state index in [-0.39, 0.29) is 5.56 Å². The molecule has 1 aromatic heterocycles. The van der Waals surface area contributed by atoms with Crippen LogP contribution in [-0.4, -0.2) is 14.5 Å². The van der Waals surface area contributed by atoms with E-state index in [2.05, 4.69) is 9.74 Å². The maximum Gasteiger partial charge on any atom is 0.258 e. The predicted molar refractivity (Wildman–Crippen MR) is 109 cm³/mol. The highest BCUT2D eigenvalue weighted by Crippen LogP contribution is 2.23. The van der Waals surface area contributed by atoms with Gasteiger partial charge in [-0.2, -0.15) is 0 Å². The Morgan fingerprint density at radius 3 is 2.64 bits per heavy atom. The lowest BCUT2D eigenvalue weighted by Gasteiger charge is -2.14. The molecule has 0 saturated carbocycles. The summed E-state index contributed by atoms with van der Waals surface area (Å²) in [4.78, 5) is 23.5. The lowest BCUT2D eigenvalue weighted by Crippen LogP contribution is -2.28. The van der Waals surface area contributed by atoms with Crippen LogP contribution in [0.15, 0.2) is 53.3 Å². The van der Waals surface area contributed by atoms with Crippen molar-refractivity contribution in [1.29, 1.82) is 0 Å². The molecule has 1 aliphatic heterocycles. The lowest BCUT2D eigenvalue weighted by atomic mass is 10.2. The van der Waals surface area contributed by atoms with Crippen LogP contribution in [-0.2, 0) is 26.2 Å². The molecule has 5 nitrogen and oxygen atoms in total. The lowest BCUT2D eigenvalue weighted by molar-refractivity contribution is 0.273. The van der Waals surface area contributed by atoms with E-state index in [0.717, 1.165) is 28.2 Å². The first-order chi connectivity index (χ1) is 13.5. The minimum Gasteiger partial charge on any atom is -0.292 e. The van der Waals surface area contributed by atoms with Gasteiger partial charge in [-0.15, -0.1) is 0 Å². The summed E-state index contributed by atoms with van der Waals surface area (Å²) < 4.78 is 1.73. The molecule has 4 rings (SSSR count). The zero-order chi connectivity index (χ0) is 19.7. The maximum absolute atomic E-state index is 13.1. The van der Waals surface area contributed by atoms with E-state index in [1.807, 2.05) is 49.4 Å². The van der Waals surface area contributed by atoms with Crippen molar-refractivity contribution in [3.05, 3.63) is 104 Å². The Labute approximate surface area is 168 Å². The fourth-order valence-corrected chi connectivity index (χ4v) is 3.72. The molecule has 0 radical (unpaired) electrons. The third-order valence-electron chi connectivity index (χ3n) is 4.99. The zero-order valence-corrected chi connectivity index (χ0v) is 16.3. The Morgan fingerprint density at radius 2 is 1.89 bits per heavy atom. The molecule has 0 unspecified atom stereocenters. The van der Waals surface area contributed by atoms with Crippen molar-refractivity contribution >= 4 is 17.3 Å². The second-order valence-corrected chi connectivity index (χ2v) is 7.47. The van der Waals surface area contributed by atoms with Gasteiger partial charge in [0.1, 0.15) is 5.82 Å². The first-order valence-corrected chi connectivity index (χ1v) is 9.43. The molecule has 6 heteroatoms. The summed E-state index contributed by atoms with van der Waals surface area (Å²) >= 11 is 5.95. The number of hydrogen-bond donors (Lipinski definition) is 0. The van der Waals surface area contributed by atoms with Crippen LogP contribution in [0.2, 0.25) is 5.02 Å². The SMILES string of the molecule is [C-]#[N+]c1cccc(CN2Cc3nc(C)n(Cc4ccc(Cl)cc4)c(=O)c3C2)c1. The van der Waals surface area contributed by atoms with Crippen LogP contribution in [0.5, 0.6) is 0 Å². The molecule has 2 heterocycles. The van der Waals surface area contributed by atoms with Gasteiger partial charge in [0.25, 0.3) is 5.56 Å². The second-order valence-electron chi connectivity index (χ2n) is 7.03. The number of fused-ring (bicyclic) bond motifs is 1. The fraction of sp³-hybridized carbons (Fsp3) is 0.227. The van der Waals surface area contributed by atoms with Crippen molar-refractivity contribution in [2.24, 2.45) is 0 Å². The Kier molecular flexibility index (Phi) is 4.99. The molecule has 0 aliphatic carbocycles. The van der Waals surface area contributed by atoms with Gasteiger partial charge >= 0.3 is 0 Å². The molecular formula is C22H19ClN4O. The number of aryl methyl sites for hydroxylation is 1. The van der Waals surface area contributed by atoms with Crippen molar-refractivity contribution < 1.29 is 0 Å². The second kappa shape index (κ2) is 7.59.